The second-order valence-corrected chi connectivity index (χ2v) is 10.8. The number of benzene rings is 4. The summed E-state index contributed by atoms with van der Waals surface area (Å²) >= 11 is 1.67. The predicted molar refractivity (Wildman–Crippen MR) is 149 cm³/mol. The number of rotatable bonds is 6. The van der Waals surface area contributed by atoms with Crippen molar-refractivity contribution in [2.45, 2.75) is 9.79 Å². The van der Waals surface area contributed by atoms with Crippen molar-refractivity contribution < 1.29 is 8.63 Å². The van der Waals surface area contributed by atoms with Crippen molar-refractivity contribution in [3.63, 3.8) is 0 Å². The van der Waals surface area contributed by atoms with E-state index in [0.717, 1.165) is 36.9 Å². The monoisotopic (exact) mass is 502 g/mol. The van der Waals surface area contributed by atoms with Gasteiger partial charge in [-0.2, -0.15) is 0 Å². The van der Waals surface area contributed by atoms with E-state index in [4.69, 9.17) is 4.42 Å². The fourth-order valence-electron chi connectivity index (χ4n) is 4.21. The van der Waals surface area contributed by atoms with Gasteiger partial charge in [0.05, 0.1) is 25.5 Å². The van der Waals surface area contributed by atoms with Crippen molar-refractivity contribution in [1.82, 2.24) is 0 Å². The second-order valence-electron chi connectivity index (χ2n) is 8.34. The molecule has 36 heavy (non-hydrogen) atoms. The maximum atomic E-state index is 14.4. The number of hydrogen-bond donors (Lipinski definition) is 0. The van der Waals surface area contributed by atoms with Crippen LogP contribution in [0.25, 0.3) is 43.5 Å². The molecule has 0 aliphatic rings. The number of furan rings is 1. The van der Waals surface area contributed by atoms with Crippen LogP contribution in [0.5, 0.6) is 0 Å². The summed E-state index contributed by atoms with van der Waals surface area (Å²) in [7, 11) is -1.46. The molecular weight excluding hydrogens is 480 g/mol. The molecule has 6 rings (SSSR count). The highest BCUT2D eigenvalue weighted by Gasteiger charge is 2.25. The third-order valence-electron chi connectivity index (χ3n) is 5.98. The van der Waals surface area contributed by atoms with Crippen molar-refractivity contribution in [2.24, 2.45) is 0 Å². The van der Waals surface area contributed by atoms with Gasteiger partial charge in [-0.05, 0) is 17.2 Å². The fourth-order valence-corrected chi connectivity index (χ4v) is 6.99. The first-order valence-corrected chi connectivity index (χ1v) is 13.7. The zero-order valence-electron chi connectivity index (χ0n) is 19.3. The van der Waals surface area contributed by atoms with Gasteiger partial charge in [0, 0.05) is 22.1 Å². The lowest BCUT2D eigenvalue weighted by Gasteiger charge is -2.05. The molecule has 4 heteroatoms. The molecule has 1 unspecified atom stereocenters. The summed E-state index contributed by atoms with van der Waals surface area (Å²) < 4.78 is 20.8. The zero-order chi connectivity index (χ0) is 24.3. The Bertz CT molecular complexity index is 1490. The highest BCUT2D eigenvalue weighted by Crippen LogP contribution is 2.44. The standard InChI is InChI=1S/C32H22O2S2/c33-36(29-21-27(23-13-5-1-6-14-23)34-31(29)25-17-9-3-10-18-25)30-22-28(24-15-7-2-8-16-24)35-32(30)26-19-11-4-12-20-26/h1-22H. The lowest BCUT2D eigenvalue weighted by Crippen LogP contribution is -1.93. The summed E-state index contributed by atoms with van der Waals surface area (Å²) in [5, 5.41) is 0. The van der Waals surface area contributed by atoms with Crippen molar-refractivity contribution in [3.05, 3.63) is 133 Å². The van der Waals surface area contributed by atoms with E-state index >= 15 is 0 Å². The zero-order valence-corrected chi connectivity index (χ0v) is 21.0. The Morgan fingerprint density at radius 2 is 1.03 bits per heavy atom. The van der Waals surface area contributed by atoms with Gasteiger partial charge in [-0.15, -0.1) is 11.3 Å². The first-order chi connectivity index (χ1) is 17.8. The lowest BCUT2D eigenvalue weighted by molar-refractivity contribution is 0.591. The quantitative estimate of drug-likeness (QED) is 0.227. The molecule has 0 saturated heterocycles. The van der Waals surface area contributed by atoms with Gasteiger partial charge in [-0.25, -0.2) is 4.21 Å². The highest BCUT2D eigenvalue weighted by molar-refractivity contribution is 7.85. The predicted octanol–water partition coefficient (Wildman–Crippen LogP) is 9.18. The molecule has 2 nitrogen and oxygen atoms in total. The smallest absolute Gasteiger partial charge is 0.151 e. The van der Waals surface area contributed by atoms with Gasteiger partial charge in [0.25, 0.3) is 0 Å². The Labute approximate surface area is 217 Å². The molecule has 0 spiro atoms. The summed E-state index contributed by atoms with van der Waals surface area (Å²) in [5.41, 5.74) is 4.03. The molecule has 0 aliphatic heterocycles. The summed E-state index contributed by atoms with van der Waals surface area (Å²) in [6, 6.07) is 44.3. The Hall–Kier alpha value is -3.99. The molecule has 2 aromatic heterocycles. The van der Waals surface area contributed by atoms with Gasteiger partial charge in [-0.1, -0.05) is 121 Å². The fraction of sp³-hybridized carbons (Fsp3) is 0. The average molecular weight is 503 g/mol. The van der Waals surface area contributed by atoms with Crippen LogP contribution in [-0.2, 0) is 10.8 Å². The first-order valence-electron chi connectivity index (χ1n) is 11.7. The van der Waals surface area contributed by atoms with Crippen molar-refractivity contribution in [3.8, 4) is 43.5 Å². The van der Waals surface area contributed by atoms with Gasteiger partial charge in [0.15, 0.2) is 5.76 Å². The van der Waals surface area contributed by atoms with Crippen molar-refractivity contribution >= 4 is 22.1 Å². The maximum Gasteiger partial charge on any atom is 0.151 e. The van der Waals surface area contributed by atoms with Gasteiger partial charge in [0.2, 0.25) is 0 Å². The minimum Gasteiger partial charge on any atom is -0.455 e. The van der Waals surface area contributed by atoms with Crippen molar-refractivity contribution in [1.29, 1.82) is 0 Å². The van der Waals surface area contributed by atoms with Crippen LogP contribution in [-0.4, -0.2) is 4.21 Å². The first kappa shape index (κ1) is 22.5. The van der Waals surface area contributed by atoms with Crippen LogP contribution in [0.3, 0.4) is 0 Å². The van der Waals surface area contributed by atoms with Crippen LogP contribution in [0.2, 0.25) is 0 Å². The minimum absolute atomic E-state index is 0.638. The summed E-state index contributed by atoms with van der Waals surface area (Å²) in [6.45, 7) is 0. The Morgan fingerprint density at radius 3 is 1.61 bits per heavy atom. The molecule has 1 atom stereocenters. The van der Waals surface area contributed by atoms with Crippen LogP contribution < -0.4 is 0 Å². The number of hydrogen-bond acceptors (Lipinski definition) is 3. The van der Waals surface area contributed by atoms with E-state index in [0.29, 0.717) is 16.4 Å². The normalized spacial score (nSPS) is 11.9. The van der Waals surface area contributed by atoms with E-state index in [1.54, 1.807) is 11.3 Å². The van der Waals surface area contributed by atoms with Gasteiger partial charge < -0.3 is 4.42 Å². The molecule has 0 radical (unpaired) electrons. The van der Waals surface area contributed by atoms with Crippen LogP contribution >= 0.6 is 11.3 Å². The molecule has 0 amide bonds. The van der Waals surface area contributed by atoms with Gasteiger partial charge in [0.1, 0.15) is 5.76 Å². The van der Waals surface area contributed by atoms with Gasteiger partial charge >= 0.3 is 0 Å². The van der Waals surface area contributed by atoms with E-state index in [1.807, 2.05) is 103 Å². The molecule has 2 heterocycles. The number of thiophene rings is 1. The van der Waals surface area contributed by atoms with E-state index in [-0.39, 0.29) is 0 Å². The summed E-state index contributed by atoms with van der Waals surface area (Å²) in [4.78, 5) is 3.57. The van der Waals surface area contributed by atoms with Crippen LogP contribution in [0.15, 0.2) is 148 Å². The largest absolute Gasteiger partial charge is 0.455 e. The molecule has 6 aromatic rings. The van der Waals surface area contributed by atoms with E-state index in [1.165, 1.54) is 0 Å². The third kappa shape index (κ3) is 4.37. The average Bonchev–Trinajstić information content (AvgIpc) is 3.61. The molecule has 0 bridgehead atoms. The van der Waals surface area contributed by atoms with Crippen LogP contribution in [0, 0.1) is 0 Å². The van der Waals surface area contributed by atoms with Crippen LogP contribution in [0.4, 0.5) is 0 Å². The summed E-state index contributed by atoms with van der Waals surface area (Å²) in [6.07, 6.45) is 0. The van der Waals surface area contributed by atoms with Crippen LogP contribution in [0.1, 0.15) is 0 Å². The molecule has 4 aromatic carbocycles. The molecule has 0 aliphatic carbocycles. The SMILES string of the molecule is O=S(c1cc(-c2ccccc2)oc1-c1ccccc1)c1cc(-c2ccccc2)sc1-c1ccccc1. The van der Waals surface area contributed by atoms with Gasteiger partial charge in [-0.3, -0.25) is 0 Å². The Morgan fingerprint density at radius 1 is 0.528 bits per heavy atom. The highest BCUT2D eigenvalue weighted by atomic mass is 32.2. The second kappa shape index (κ2) is 9.94. The molecule has 0 fully saturated rings. The molecule has 174 valence electrons. The molecular formula is C32H22O2S2. The van der Waals surface area contributed by atoms with E-state index in [9.17, 15) is 4.21 Å². The van der Waals surface area contributed by atoms with Crippen molar-refractivity contribution in [2.75, 3.05) is 0 Å². The topological polar surface area (TPSA) is 30.2 Å². The van der Waals surface area contributed by atoms with E-state index < -0.39 is 10.8 Å². The minimum atomic E-state index is -1.46. The summed E-state index contributed by atoms with van der Waals surface area (Å²) in [5.74, 6) is 1.34. The van der Waals surface area contributed by atoms with E-state index in [2.05, 4.69) is 30.3 Å². The Balaban J connectivity index is 1.53. The lowest BCUT2D eigenvalue weighted by atomic mass is 10.1. The maximum absolute atomic E-state index is 14.4. The molecule has 0 saturated carbocycles. The Kier molecular flexibility index (Phi) is 6.20. The third-order valence-corrected chi connectivity index (χ3v) is 8.77. The molecule has 0 N–H and O–H groups in total.